The summed E-state index contributed by atoms with van der Waals surface area (Å²) in [7, 11) is -2.30. The number of methoxy groups -OCH3 is 1. The summed E-state index contributed by atoms with van der Waals surface area (Å²) in [5, 5.41) is 12.2. The van der Waals surface area contributed by atoms with Gasteiger partial charge < -0.3 is 10.1 Å². The van der Waals surface area contributed by atoms with E-state index in [-0.39, 0.29) is 35.0 Å². The molecule has 0 amide bonds. The molecule has 0 bridgehead atoms. The van der Waals surface area contributed by atoms with E-state index in [1.54, 1.807) is 0 Å². The van der Waals surface area contributed by atoms with Crippen molar-refractivity contribution in [3.8, 4) is 11.8 Å². The smallest absolute Gasteiger partial charge is 0.244 e. The van der Waals surface area contributed by atoms with Crippen molar-refractivity contribution in [1.29, 1.82) is 5.26 Å². The molecule has 2 atom stereocenters. The number of hydrogen-bond acceptors (Lipinski definition) is 5. The summed E-state index contributed by atoms with van der Waals surface area (Å²) in [6.07, 6.45) is 2.05. The van der Waals surface area contributed by atoms with Crippen molar-refractivity contribution in [3.05, 3.63) is 23.8 Å². The van der Waals surface area contributed by atoms with Gasteiger partial charge >= 0.3 is 0 Å². The van der Waals surface area contributed by atoms with Crippen LogP contribution in [0.2, 0.25) is 0 Å². The fourth-order valence-electron chi connectivity index (χ4n) is 2.67. The molecule has 2 unspecified atom stereocenters. The minimum Gasteiger partial charge on any atom is -0.495 e. The van der Waals surface area contributed by atoms with Crippen LogP contribution in [0, 0.1) is 17.2 Å². The molecule has 0 radical (unpaired) electrons. The molecule has 23 heavy (non-hydrogen) atoms. The van der Waals surface area contributed by atoms with Crippen molar-refractivity contribution in [2.75, 3.05) is 20.2 Å². The van der Waals surface area contributed by atoms with E-state index in [9.17, 15) is 8.42 Å². The van der Waals surface area contributed by atoms with Crippen molar-refractivity contribution in [1.82, 2.24) is 10.0 Å². The second kappa shape index (κ2) is 8.50. The van der Waals surface area contributed by atoms with Gasteiger partial charge in [0, 0.05) is 6.04 Å². The van der Waals surface area contributed by atoms with E-state index in [1.165, 1.54) is 25.3 Å². The lowest BCUT2D eigenvalue weighted by Gasteiger charge is -2.28. The van der Waals surface area contributed by atoms with E-state index in [0.29, 0.717) is 5.56 Å². The predicted octanol–water partition coefficient (Wildman–Crippen LogP) is 1.66. The third-order valence-corrected chi connectivity index (χ3v) is 5.56. The average molecular weight is 360 g/mol. The Labute approximate surface area is 143 Å². The molecule has 1 aromatic carbocycles. The summed E-state index contributed by atoms with van der Waals surface area (Å²) in [5.74, 6) is 0.452. The molecule has 0 aliphatic carbocycles. The summed E-state index contributed by atoms with van der Waals surface area (Å²) >= 11 is 0. The highest BCUT2D eigenvalue weighted by Gasteiger charge is 2.27. The normalized spacial score (nSPS) is 19.3. The Hall–Kier alpha value is -1.33. The second-order valence-corrected chi connectivity index (χ2v) is 7.18. The molecule has 1 aliphatic rings. The van der Waals surface area contributed by atoms with E-state index < -0.39 is 10.0 Å². The van der Waals surface area contributed by atoms with Crippen molar-refractivity contribution in [2.45, 2.75) is 30.7 Å². The number of rotatable bonds is 5. The van der Waals surface area contributed by atoms with E-state index in [4.69, 9.17) is 10.00 Å². The number of nitriles is 1. The quantitative estimate of drug-likeness (QED) is 0.834. The Balaban J connectivity index is 0.00000264. The fraction of sp³-hybridized carbons (Fsp3) is 0.533. The van der Waals surface area contributed by atoms with Crippen LogP contribution < -0.4 is 14.8 Å². The average Bonchev–Trinajstić information content (AvgIpc) is 2.54. The van der Waals surface area contributed by atoms with Crippen molar-refractivity contribution < 1.29 is 13.2 Å². The summed E-state index contributed by atoms with van der Waals surface area (Å²) < 4.78 is 33.0. The number of nitrogens with zero attached hydrogens (tertiary/aromatic N) is 1. The number of benzene rings is 1. The maximum atomic E-state index is 12.6. The van der Waals surface area contributed by atoms with Gasteiger partial charge in [0.25, 0.3) is 0 Å². The second-order valence-electron chi connectivity index (χ2n) is 5.49. The SMILES string of the molecule is COc1cc(C#N)ccc1S(=O)(=O)NC(C)C1CCCNC1.Cl. The zero-order valence-corrected chi connectivity index (χ0v) is 14.8. The number of ether oxygens (including phenoxy) is 1. The molecule has 6 nitrogen and oxygen atoms in total. The first-order valence-corrected chi connectivity index (χ1v) is 8.77. The minimum atomic E-state index is -3.69. The topological polar surface area (TPSA) is 91.2 Å². The zero-order chi connectivity index (χ0) is 16.2. The molecule has 1 aromatic rings. The van der Waals surface area contributed by atoms with Gasteiger partial charge in [-0.3, -0.25) is 0 Å². The third-order valence-electron chi connectivity index (χ3n) is 3.97. The van der Waals surface area contributed by atoms with Gasteiger partial charge in [-0.1, -0.05) is 0 Å². The first kappa shape index (κ1) is 19.7. The predicted molar refractivity (Wildman–Crippen MR) is 90.3 cm³/mol. The van der Waals surface area contributed by atoms with Crippen molar-refractivity contribution >= 4 is 22.4 Å². The molecule has 2 N–H and O–H groups in total. The van der Waals surface area contributed by atoms with E-state index in [0.717, 1.165) is 25.9 Å². The summed E-state index contributed by atoms with van der Waals surface area (Å²) in [4.78, 5) is 0.0598. The van der Waals surface area contributed by atoms with Crippen molar-refractivity contribution in [2.24, 2.45) is 5.92 Å². The van der Waals surface area contributed by atoms with Gasteiger partial charge in [-0.15, -0.1) is 12.4 Å². The van der Waals surface area contributed by atoms with E-state index >= 15 is 0 Å². The summed E-state index contributed by atoms with van der Waals surface area (Å²) in [5.41, 5.74) is 0.361. The van der Waals surface area contributed by atoms with Gasteiger partial charge in [0.15, 0.2) is 0 Å². The highest BCUT2D eigenvalue weighted by molar-refractivity contribution is 7.89. The van der Waals surface area contributed by atoms with E-state index in [2.05, 4.69) is 10.0 Å². The number of hydrogen-bond donors (Lipinski definition) is 2. The number of sulfonamides is 1. The molecule has 2 rings (SSSR count). The highest BCUT2D eigenvalue weighted by atomic mass is 35.5. The van der Waals surface area contributed by atoms with Gasteiger partial charge in [0.05, 0.1) is 18.7 Å². The van der Waals surface area contributed by atoms with Crippen LogP contribution in [0.1, 0.15) is 25.3 Å². The Bertz CT molecular complexity index is 667. The molecule has 0 saturated carbocycles. The largest absolute Gasteiger partial charge is 0.495 e. The van der Waals surface area contributed by atoms with Crippen LogP contribution in [0.5, 0.6) is 5.75 Å². The Morgan fingerprint density at radius 3 is 2.78 bits per heavy atom. The molecule has 128 valence electrons. The van der Waals surface area contributed by atoms with Gasteiger partial charge in [-0.25, -0.2) is 13.1 Å². The van der Waals surface area contributed by atoms with Crippen LogP contribution in [-0.2, 0) is 10.0 Å². The van der Waals surface area contributed by atoms with Crippen LogP contribution in [-0.4, -0.2) is 34.7 Å². The first-order valence-electron chi connectivity index (χ1n) is 7.29. The van der Waals surface area contributed by atoms with Gasteiger partial charge in [-0.2, -0.15) is 5.26 Å². The molecule has 0 spiro atoms. The lowest BCUT2D eigenvalue weighted by Crippen LogP contribution is -2.44. The van der Waals surface area contributed by atoms with Crippen LogP contribution >= 0.6 is 12.4 Å². The highest BCUT2D eigenvalue weighted by Crippen LogP contribution is 2.26. The number of halogens is 1. The molecule has 8 heteroatoms. The van der Waals surface area contributed by atoms with Crippen LogP contribution in [0.3, 0.4) is 0 Å². The third kappa shape index (κ3) is 4.82. The molecule has 1 heterocycles. The standard InChI is InChI=1S/C15H21N3O3S.ClH/c1-11(13-4-3-7-17-10-13)18-22(19,20)15-6-5-12(9-16)8-14(15)21-2;/h5-6,8,11,13,17-18H,3-4,7,10H2,1-2H3;1H. The zero-order valence-electron chi connectivity index (χ0n) is 13.2. The number of nitrogens with one attached hydrogen (secondary N) is 2. The van der Waals surface area contributed by atoms with Gasteiger partial charge in [0.1, 0.15) is 10.6 Å². The van der Waals surface area contributed by atoms with Crippen LogP contribution in [0.15, 0.2) is 23.1 Å². The molecular weight excluding hydrogens is 338 g/mol. The molecular formula is C15H22ClN3O3S. The molecule has 1 saturated heterocycles. The van der Waals surface area contributed by atoms with Gasteiger partial charge in [-0.05, 0) is 57.0 Å². The molecule has 1 aliphatic heterocycles. The van der Waals surface area contributed by atoms with Crippen molar-refractivity contribution in [3.63, 3.8) is 0 Å². The molecule has 0 aromatic heterocycles. The Morgan fingerprint density at radius 2 is 2.22 bits per heavy atom. The Morgan fingerprint density at radius 1 is 1.48 bits per heavy atom. The monoisotopic (exact) mass is 359 g/mol. The van der Waals surface area contributed by atoms with Crippen LogP contribution in [0.4, 0.5) is 0 Å². The van der Waals surface area contributed by atoms with Gasteiger partial charge in [0.2, 0.25) is 10.0 Å². The fourth-order valence-corrected chi connectivity index (χ4v) is 4.13. The summed E-state index contributed by atoms with van der Waals surface area (Å²) in [6, 6.07) is 6.12. The lowest BCUT2D eigenvalue weighted by atomic mass is 9.94. The lowest BCUT2D eigenvalue weighted by molar-refractivity contribution is 0.320. The maximum absolute atomic E-state index is 12.6. The van der Waals surface area contributed by atoms with E-state index in [1.807, 2.05) is 13.0 Å². The number of piperidine rings is 1. The van der Waals surface area contributed by atoms with Crippen LogP contribution in [0.25, 0.3) is 0 Å². The Kier molecular flexibility index (Phi) is 7.29. The first-order chi connectivity index (χ1) is 10.5. The summed E-state index contributed by atoms with van der Waals surface area (Å²) in [6.45, 7) is 3.68. The maximum Gasteiger partial charge on any atom is 0.244 e. The molecule has 1 fully saturated rings. The minimum absolute atomic E-state index is 0.